The number of benzene rings is 1. The largest absolute Gasteiger partial charge is 0.490 e. The Bertz CT molecular complexity index is 1020. The van der Waals surface area contributed by atoms with Crippen molar-refractivity contribution < 1.29 is 14.3 Å². The van der Waals surface area contributed by atoms with Gasteiger partial charge in [0.05, 0.1) is 11.1 Å². The summed E-state index contributed by atoms with van der Waals surface area (Å²) in [6, 6.07) is 5.12. The minimum Gasteiger partial charge on any atom is -0.490 e. The predicted octanol–water partition coefficient (Wildman–Crippen LogP) is 1.33. The van der Waals surface area contributed by atoms with Crippen molar-refractivity contribution >= 4 is 28.3 Å². The molecule has 0 aliphatic carbocycles. The van der Waals surface area contributed by atoms with E-state index in [-0.39, 0.29) is 5.56 Å². The monoisotopic (exact) mass is 345 g/mol. The van der Waals surface area contributed by atoms with Crippen LogP contribution in [0, 0.1) is 6.92 Å². The highest BCUT2D eigenvalue weighted by Gasteiger charge is 2.10. The lowest BCUT2D eigenvalue weighted by atomic mass is 10.2. The van der Waals surface area contributed by atoms with Crippen molar-refractivity contribution in [3.63, 3.8) is 0 Å². The molecule has 3 rings (SSSR count). The first-order chi connectivity index (χ1) is 11.5. The van der Waals surface area contributed by atoms with Crippen molar-refractivity contribution in [2.24, 2.45) is 0 Å². The van der Waals surface area contributed by atoms with Crippen LogP contribution in [0.3, 0.4) is 0 Å². The second-order valence-corrected chi connectivity index (χ2v) is 6.01. The van der Waals surface area contributed by atoms with Crippen LogP contribution in [0.25, 0.3) is 11.0 Å². The van der Waals surface area contributed by atoms with Crippen LogP contribution in [0.5, 0.6) is 11.5 Å². The van der Waals surface area contributed by atoms with E-state index in [1.165, 1.54) is 22.8 Å². The Hall–Kier alpha value is -2.74. The number of rotatable bonds is 4. The summed E-state index contributed by atoms with van der Waals surface area (Å²) in [5, 5.41) is 4.07. The summed E-state index contributed by atoms with van der Waals surface area (Å²) in [7, 11) is 0. The van der Waals surface area contributed by atoms with Gasteiger partial charge in [0.1, 0.15) is 5.82 Å². The van der Waals surface area contributed by atoms with E-state index in [1.807, 2.05) is 6.92 Å². The number of aromatic nitrogens is 3. The van der Waals surface area contributed by atoms with Crippen LogP contribution in [-0.4, -0.2) is 27.2 Å². The van der Waals surface area contributed by atoms with Gasteiger partial charge in [-0.1, -0.05) is 17.4 Å². The molecule has 0 saturated heterocycles. The predicted molar refractivity (Wildman–Crippen MR) is 89.6 cm³/mol. The molecule has 0 aliphatic heterocycles. The summed E-state index contributed by atoms with van der Waals surface area (Å²) in [6.07, 6.45) is 1.73. The smallest absolute Gasteiger partial charge is 0.308 e. The summed E-state index contributed by atoms with van der Waals surface area (Å²) < 4.78 is 12.4. The fourth-order valence-corrected chi connectivity index (χ4v) is 3.16. The van der Waals surface area contributed by atoms with Crippen molar-refractivity contribution in [3.05, 3.63) is 44.5 Å². The Morgan fingerprint density at radius 1 is 1.38 bits per heavy atom. The first-order valence-corrected chi connectivity index (χ1v) is 8.12. The number of hydrogen-bond donors (Lipinski definition) is 0. The molecule has 0 aliphatic rings. The van der Waals surface area contributed by atoms with Crippen LogP contribution in [0.1, 0.15) is 25.2 Å². The highest BCUT2D eigenvalue weighted by Crippen LogP contribution is 2.29. The summed E-state index contributed by atoms with van der Waals surface area (Å²) >= 11 is 1.27. The maximum absolute atomic E-state index is 12.3. The standard InChI is InChI=1S/C16H15N3O4S/c1-4-22-13-7-11(5-6-12(13)23-10(3)20)8-14-15(21)19-16(24-14)17-9(2)18-19/h5-8H,4H2,1-3H3/b14-8-. The average molecular weight is 345 g/mol. The first kappa shape index (κ1) is 16.1. The molecule has 0 N–H and O–H groups in total. The molecular formula is C16H15N3O4S. The van der Waals surface area contributed by atoms with Crippen LogP contribution < -0.4 is 19.6 Å². The highest BCUT2D eigenvalue weighted by atomic mass is 32.1. The van der Waals surface area contributed by atoms with E-state index in [0.717, 1.165) is 5.56 Å². The molecule has 0 bridgehead atoms. The number of ether oxygens (including phenoxy) is 2. The highest BCUT2D eigenvalue weighted by molar-refractivity contribution is 7.15. The van der Waals surface area contributed by atoms with Gasteiger partial charge < -0.3 is 9.47 Å². The van der Waals surface area contributed by atoms with E-state index in [4.69, 9.17) is 9.47 Å². The first-order valence-electron chi connectivity index (χ1n) is 7.31. The molecule has 124 valence electrons. The second kappa shape index (κ2) is 6.40. The van der Waals surface area contributed by atoms with Gasteiger partial charge in [0.15, 0.2) is 11.5 Å². The van der Waals surface area contributed by atoms with Gasteiger partial charge in [-0.15, -0.1) is 5.10 Å². The molecule has 0 spiro atoms. The zero-order chi connectivity index (χ0) is 17.3. The molecule has 0 unspecified atom stereocenters. The van der Waals surface area contributed by atoms with E-state index in [0.29, 0.717) is 33.4 Å². The molecular weight excluding hydrogens is 330 g/mol. The number of nitrogens with zero attached hydrogens (tertiary/aromatic N) is 3. The Kier molecular flexibility index (Phi) is 4.30. The fourth-order valence-electron chi connectivity index (χ4n) is 2.20. The lowest BCUT2D eigenvalue weighted by Gasteiger charge is -2.10. The van der Waals surface area contributed by atoms with Gasteiger partial charge >= 0.3 is 5.97 Å². The van der Waals surface area contributed by atoms with E-state index in [9.17, 15) is 9.59 Å². The molecule has 1 aromatic carbocycles. The topological polar surface area (TPSA) is 82.8 Å². The van der Waals surface area contributed by atoms with Crippen molar-refractivity contribution in [2.75, 3.05) is 6.61 Å². The Labute approximate surface area is 141 Å². The average Bonchev–Trinajstić information content (AvgIpc) is 3.00. The zero-order valence-electron chi connectivity index (χ0n) is 13.4. The Morgan fingerprint density at radius 2 is 2.17 bits per heavy atom. The summed E-state index contributed by atoms with van der Waals surface area (Å²) in [5.74, 6) is 0.941. The quantitative estimate of drug-likeness (QED) is 0.524. The molecule has 2 heterocycles. The van der Waals surface area contributed by atoms with Crippen LogP contribution in [-0.2, 0) is 4.79 Å². The van der Waals surface area contributed by atoms with E-state index < -0.39 is 5.97 Å². The lowest BCUT2D eigenvalue weighted by molar-refractivity contribution is -0.132. The van der Waals surface area contributed by atoms with Gasteiger partial charge in [-0.25, -0.2) is 4.98 Å². The third-order valence-electron chi connectivity index (χ3n) is 3.11. The summed E-state index contributed by atoms with van der Waals surface area (Å²) in [5.41, 5.74) is 0.547. The number of aryl methyl sites for hydroxylation is 1. The van der Waals surface area contributed by atoms with Crippen LogP contribution in [0.15, 0.2) is 23.0 Å². The van der Waals surface area contributed by atoms with Crippen molar-refractivity contribution in [3.8, 4) is 11.5 Å². The van der Waals surface area contributed by atoms with Gasteiger partial charge in [0, 0.05) is 6.92 Å². The number of esters is 1. The van der Waals surface area contributed by atoms with Crippen molar-refractivity contribution in [1.29, 1.82) is 0 Å². The molecule has 0 fully saturated rings. The van der Waals surface area contributed by atoms with Crippen LogP contribution >= 0.6 is 11.3 Å². The van der Waals surface area contributed by atoms with Gasteiger partial charge in [0.2, 0.25) is 4.96 Å². The van der Waals surface area contributed by atoms with Gasteiger partial charge in [-0.2, -0.15) is 4.52 Å². The molecule has 0 radical (unpaired) electrons. The second-order valence-electron chi connectivity index (χ2n) is 5.00. The number of thiazole rings is 1. The minimum atomic E-state index is -0.421. The Morgan fingerprint density at radius 3 is 2.83 bits per heavy atom. The molecule has 7 nitrogen and oxygen atoms in total. The molecule has 3 aromatic rings. The minimum absolute atomic E-state index is 0.211. The number of carbonyl (C=O) groups is 1. The summed E-state index contributed by atoms with van der Waals surface area (Å²) in [4.78, 5) is 28.2. The number of hydrogen-bond acceptors (Lipinski definition) is 7. The van der Waals surface area contributed by atoms with Gasteiger partial charge in [-0.05, 0) is 37.6 Å². The molecule has 24 heavy (non-hydrogen) atoms. The van der Waals surface area contributed by atoms with Crippen molar-refractivity contribution in [1.82, 2.24) is 14.6 Å². The molecule has 2 aromatic heterocycles. The normalized spacial score (nSPS) is 11.9. The SMILES string of the molecule is CCOc1cc(/C=c2\sc3nc(C)nn3c2=O)ccc1OC(C)=O. The molecule has 8 heteroatoms. The van der Waals surface area contributed by atoms with Gasteiger partial charge in [0.25, 0.3) is 5.56 Å². The van der Waals surface area contributed by atoms with Crippen LogP contribution in [0.2, 0.25) is 0 Å². The lowest BCUT2D eigenvalue weighted by Crippen LogP contribution is -2.23. The van der Waals surface area contributed by atoms with E-state index >= 15 is 0 Å². The maximum atomic E-state index is 12.3. The third-order valence-corrected chi connectivity index (χ3v) is 4.07. The van der Waals surface area contributed by atoms with Crippen LogP contribution in [0.4, 0.5) is 0 Å². The number of fused-ring (bicyclic) bond motifs is 1. The fraction of sp³-hybridized carbons (Fsp3) is 0.250. The maximum Gasteiger partial charge on any atom is 0.308 e. The third kappa shape index (κ3) is 3.13. The molecule has 0 amide bonds. The van der Waals surface area contributed by atoms with E-state index in [2.05, 4.69) is 10.1 Å². The molecule has 0 saturated carbocycles. The van der Waals surface area contributed by atoms with Gasteiger partial charge in [-0.3, -0.25) is 9.59 Å². The number of carbonyl (C=O) groups excluding carboxylic acids is 1. The molecule has 0 atom stereocenters. The summed E-state index contributed by atoms with van der Waals surface area (Å²) in [6.45, 7) is 5.34. The zero-order valence-corrected chi connectivity index (χ0v) is 14.2. The van der Waals surface area contributed by atoms with E-state index in [1.54, 1.807) is 31.2 Å². The van der Waals surface area contributed by atoms with Crippen molar-refractivity contribution in [2.45, 2.75) is 20.8 Å². The Balaban J connectivity index is 2.06.